The van der Waals surface area contributed by atoms with Gasteiger partial charge in [-0.25, -0.2) is 9.18 Å². The van der Waals surface area contributed by atoms with E-state index in [2.05, 4.69) is 0 Å². The second-order valence-corrected chi connectivity index (χ2v) is 8.30. The molecule has 3 aromatic rings. The standard InChI is InChI=1S/C26H23FN2O4.ClH/c1-29(21-12-11-18-22(23(21)30)20(28)13-19(27)25(18)32-2)26(31)33-24-16-9-5-3-7-14(16)15-8-4-6-10-17(15)24;/h3-10,13,21,24H,11-12,28H2,1-2H3;1H. The van der Waals surface area contributed by atoms with Gasteiger partial charge in [0.1, 0.15) is 0 Å². The van der Waals surface area contributed by atoms with Crippen LogP contribution in [0.5, 0.6) is 5.75 Å². The number of nitrogen functional groups attached to an aromatic ring is 1. The molecule has 1 unspecified atom stereocenters. The molecule has 0 saturated heterocycles. The number of carbonyl (C=O) groups excluding carboxylic acids is 2. The van der Waals surface area contributed by atoms with Crippen molar-refractivity contribution in [2.45, 2.75) is 25.0 Å². The third kappa shape index (κ3) is 3.56. The van der Waals surface area contributed by atoms with Crippen molar-refractivity contribution < 1.29 is 23.5 Å². The van der Waals surface area contributed by atoms with E-state index in [1.165, 1.54) is 12.0 Å². The zero-order valence-electron chi connectivity index (χ0n) is 18.7. The lowest BCUT2D eigenvalue weighted by Crippen LogP contribution is -2.45. The minimum atomic E-state index is -0.769. The number of benzene rings is 3. The maximum Gasteiger partial charge on any atom is 0.411 e. The molecule has 2 aliphatic rings. The molecule has 34 heavy (non-hydrogen) atoms. The number of methoxy groups -OCH3 is 1. The molecule has 0 spiro atoms. The molecule has 8 heteroatoms. The van der Waals surface area contributed by atoms with Crippen LogP contribution in [-0.2, 0) is 11.2 Å². The summed E-state index contributed by atoms with van der Waals surface area (Å²) in [4.78, 5) is 27.8. The Labute approximate surface area is 202 Å². The van der Waals surface area contributed by atoms with Crippen LogP contribution in [0.1, 0.15) is 39.6 Å². The molecule has 3 aromatic carbocycles. The lowest BCUT2D eigenvalue weighted by molar-refractivity contribution is 0.0611. The number of ether oxygens (including phenoxy) is 2. The third-order valence-electron chi connectivity index (χ3n) is 6.54. The van der Waals surface area contributed by atoms with Crippen molar-refractivity contribution in [2.24, 2.45) is 0 Å². The number of Topliss-reactive ketones (excluding diaryl/α,β-unsaturated/α-hetero) is 1. The van der Waals surface area contributed by atoms with Crippen LogP contribution in [-0.4, -0.2) is 37.0 Å². The molecular formula is C26H24ClFN2O4. The Bertz CT molecular complexity index is 1250. The zero-order chi connectivity index (χ0) is 23.3. The van der Waals surface area contributed by atoms with Crippen LogP contribution in [0.25, 0.3) is 11.1 Å². The predicted octanol–water partition coefficient (Wildman–Crippen LogP) is 5.17. The first-order valence-electron chi connectivity index (χ1n) is 10.7. The van der Waals surface area contributed by atoms with Gasteiger partial charge in [0.05, 0.1) is 13.2 Å². The number of likely N-dealkylation sites (N-methyl/N-ethyl adjacent to an activating group) is 1. The molecule has 0 fully saturated rings. The van der Waals surface area contributed by atoms with E-state index in [1.807, 2.05) is 48.5 Å². The first kappa shape index (κ1) is 23.6. The second kappa shape index (κ2) is 8.99. The van der Waals surface area contributed by atoms with Crippen molar-refractivity contribution in [3.8, 4) is 16.9 Å². The topological polar surface area (TPSA) is 81.9 Å². The fraction of sp³-hybridized carbons (Fsp3) is 0.231. The van der Waals surface area contributed by atoms with E-state index in [1.54, 1.807) is 7.05 Å². The normalized spacial score (nSPS) is 16.1. The zero-order valence-corrected chi connectivity index (χ0v) is 19.5. The molecule has 0 saturated carbocycles. The van der Waals surface area contributed by atoms with Gasteiger partial charge in [-0.2, -0.15) is 0 Å². The molecule has 176 valence electrons. The molecule has 0 aromatic heterocycles. The highest BCUT2D eigenvalue weighted by Gasteiger charge is 2.39. The smallest absolute Gasteiger partial charge is 0.411 e. The quantitative estimate of drug-likeness (QED) is 0.520. The van der Waals surface area contributed by atoms with Crippen molar-refractivity contribution >= 4 is 30.0 Å². The Morgan fingerprint density at radius 2 is 1.68 bits per heavy atom. The highest BCUT2D eigenvalue weighted by molar-refractivity contribution is 6.08. The van der Waals surface area contributed by atoms with Gasteiger partial charge >= 0.3 is 6.09 Å². The fourth-order valence-electron chi connectivity index (χ4n) is 4.95. The summed E-state index contributed by atoms with van der Waals surface area (Å²) >= 11 is 0. The summed E-state index contributed by atoms with van der Waals surface area (Å²) in [6.45, 7) is 0. The summed E-state index contributed by atoms with van der Waals surface area (Å²) in [5, 5.41) is 0. The van der Waals surface area contributed by atoms with Gasteiger partial charge in [0, 0.05) is 41.1 Å². The molecule has 2 N–H and O–H groups in total. The number of anilines is 1. The summed E-state index contributed by atoms with van der Waals surface area (Å²) in [5.41, 5.74) is 10.5. The third-order valence-corrected chi connectivity index (χ3v) is 6.54. The minimum Gasteiger partial charge on any atom is -0.493 e. The van der Waals surface area contributed by atoms with Gasteiger partial charge in [-0.1, -0.05) is 48.5 Å². The SMILES string of the molecule is COc1c(F)cc(N)c2c1CCC(N(C)C(=O)OC1c3ccccc3-c3ccccc31)C2=O.Cl. The molecule has 1 atom stereocenters. The lowest BCUT2D eigenvalue weighted by atomic mass is 9.84. The first-order chi connectivity index (χ1) is 15.9. The van der Waals surface area contributed by atoms with E-state index < -0.39 is 24.1 Å². The number of hydrogen-bond donors (Lipinski definition) is 1. The maximum atomic E-state index is 14.2. The molecule has 6 nitrogen and oxygen atoms in total. The number of rotatable bonds is 3. The Hall–Kier alpha value is -3.58. The molecule has 1 amide bonds. The summed E-state index contributed by atoms with van der Waals surface area (Å²) in [7, 11) is 2.89. The van der Waals surface area contributed by atoms with Crippen molar-refractivity contribution in [1.29, 1.82) is 0 Å². The predicted molar refractivity (Wildman–Crippen MR) is 129 cm³/mol. The molecule has 0 aliphatic heterocycles. The number of hydrogen-bond acceptors (Lipinski definition) is 5. The minimum absolute atomic E-state index is 0. The summed E-state index contributed by atoms with van der Waals surface area (Å²) in [5.74, 6) is -0.930. The molecule has 0 heterocycles. The number of fused-ring (bicyclic) bond motifs is 4. The molecule has 2 aliphatic carbocycles. The lowest BCUT2D eigenvalue weighted by Gasteiger charge is -2.32. The number of nitrogens with two attached hydrogens (primary N) is 1. The summed E-state index contributed by atoms with van der Waals surface area (Å²) < 4.78 is 25.3. The number of ketones is 1. The van der Waals surface area contributed by atoms with Crippen LogP contribution in [0.3, 0.4) is 0 Å². The van der Waals surface area contributed by atoms with Gasteiger partial charge in [0.15, 0.2) is 23.5 Å². The van der Waals surface area contributed by atoms with E-state index in [4.69, 9.17) is 15.2 Å². The van der Waals surface area contributed by atoms with Gasteiger partial charge in [0.25, 0.3) is 0 Å². The average molecular weight is 483 g/mol. The van der Waals surface area contributed by atoms with Crippen LogP contribution >= 0.6 is 12.4 Å². The highest BCUT2D eigenvalue weighted by Crippen LogP contribution is 2.45. The van der Waals surface area contributed by atoms with Crippen LogP contribution < -0.4 is 10.5 Å². The molecular weight excluding hydrogens is 459 g/mol. The van der Waals surface area contributed by atoms with E-state index in [9.17, 15) is 14.0 Å². The van der Waals surface area contributed by atoms with Crippen LogP contribution in [0, 0.1) is 5.82 Å². The summed E-state index contributed by atoms with van der Waals surface area (Å²) in [6.07, 6.45) is -0.503. The van der Waals surface area contributed by atoms with Gasteiger partial charge in [-0.15, -0.1) is 12.4 Å². The van der Waals surface area contributed by atoms with Gasteiger partial charge in [0.2, 0.25) is 0 Å². The summed E-state index contributed by atoms with van der Waals surface area (Å²) in [6, 6.07) is 15.9. The highest BCUT2D eigenvalue weighted by atomic mass is 35.5. The van der Waals surface area contributed by atoms with E-state index in [0.717, 1.165) is 28.3 Å². The van der Waals surface area contributed by atoms with Crippen molar-refractivity contribution in [3.63, 3.8) is 0 Å². The van der Waals surface area contributed by atoms with Crippen LogP contribution in [0.15, 0.2) is 54.6 Å². The Balaban J connectivity index is 0.00000274. The number of carbonyl (C=O) groups is 2. The van der Waals surface area contributed by atoms with Crippen molar-refractivity contribution in [2.75, 3.05) is 19.9 Å². The Kier molecular flexibility index (Phi) is 6.23. The van der Waals surface area contributed by atoms with Crippen molar-refractivity contribution in [3.05, 3.63) is 82.7 Å². The van der Waals surface area contributed by atoms with E-state index in [-0.39, 0.29) is 35.2 Å². The van der Waals surface area contributed by atoms with E-state index in [0.29, 0.717) is 18.4 Å². The number of amides is 1. The molecule has 0 bridgehead atoms. The fourth-order valence-corrected chi connectivity index (χ4v) is 4.95. The van der Waals surface area contributed by atoms with Crippen LogP contribution in [0.2, 0.25) is 0 Å². The van der Waals surface area contributed by atoms with Crippen LogP contribution in [0.4, 0.5) is 14.9 Å². The molecule has 5 rings (SSSR count). The Morgan fingerprint density at radius 3 is 2.26 bits per heavy atom. The number of nitrogens with zero attached hydrogens (tertiary/aromatic N) is 1. The molecule has 0 radical (unpaired) electrons. The largest absolute Gasteiger partial charge is 0.493 e. The first-order valence-corrected chi connectivity index (χ1v) is 10.7. The maximum absolute atomic E-state index is 14.2. The monoisotopic (exact) mass is 482 g/mol. The average Bonchev–Trinajstić information content (AvgIpc) is 3.12. The van der Waals surface area contributed by atoms with E-state index >= 15 is 0 Å². The Morgan fingerprint density at radius 1 is 1.09 bits per heavy atom. The van der Waals surface area contributed by atoms with Gasteiger partial charge < -0.3 is 20.1 Å². The van der Waals surface area contributed by atoms with Crippen molar-refractivity contribution in [1.82, 2.24) is 4.90 Å². The second-order valence-electron chi connectivity index (χ2n) is 8.30. The van der Waals surface area contributed by atoms with Gasteiger partial charge in [-0.3, -0.25) is 4.79 Å². The van der Waals surface area contributed by atoms with Gasteiger partial charge in [-0.05, 0) is 24.0 Å². The number of halogens is 2.